The molecule has 0 saturated carbocycles. The zero-order valence-corrected chi connectivity index (χ0v) is 12.8. The second-order valence-corrected chi connectivity index (χ2v) is 6.70. The van der Waals surface area contributed by atoms with Gasteiger partial charge in [-0.1, -0.05) is 0 Å². The molecule has 0 aromatic carbocycles. The number of piperidine rings is 1. The molecule has 2 fully saturated rings. The molecule has 0 aliphatic carbocycles. The van der Waals surface area contributed by atoms with Crippen molar-refractivity contribution >= 4 is 5.91 Å². The first kappa shape index (κ1) is 14.3. The maximum Gasteiger partial charge on any atom is 0.254 e. The molecule has 2 aliphatic rings. The molecule has 1 amide bonds. The monoisotopic (exact) mass is 289 g/mol. The zero-order valence-electron chi connectivity index (χ0n) is 12.8. The van der Waals surface area contributed by atoms with Crippen LogP contribution in [0, 0.1) is 12.3 Å². The van der Waals surface area contributed by atoms with Crippen LogP contribution in [0.3, 0.4) is 0 Å². The maximum absolute atomic E-state index is 12.6. The number of carbonyl (C=O) groups is 1. The fraction of sp³-hybridized carbons (Fsp3) is 0.625. The highest BCUT2D eigenvalue weighted by Crippen LogP contribution is 2.40. The molecule has 1 N–H and O–H groups in total. The first-order valence-electron chi connectivity index (χ1n) is 7.66. The number of aromatic amines is 1. The predicted octanol–water partition coefficient (Wildman–Crippen LogP) is 1.24. The molecule has 2 saturated heterocycles. The Hall–Kier alpha value is -1.62. The number of H-pyrrole nitrogens is 1. The van der Waals surface area contributed by atoms with Crippen molar-refractivity contribution in [3.05, 3.63) is 33.7 Å². The van der Waals surface area contributed by atoms with Crippen molar-refractivity contribution in [1.82, 2.24) is 14.8 Å². The van der Waals surface area contributed by atoms with Crippen molar-refractivity contribution in [3.8, 4) is 0 Å². The lowest BCUT2D eigenvalue weighted by molar-refractivity contribution is 0.0736. The lowest BCUT2D eigenvalue weighted by Gasteiger charge is -2.37. The van der Waals surface area contributed by atoms with Crippen LogP contribution in [-0.4, -0.2) is 53.9 Å². The number of carbonyl (C=O) groups excluding carboxylic acids is 1. The van der Waals surface area contributed by atoms with E-state index in [1.807, 2.05) is 4.90 Å². The summed E-state index contributed by atoms with van der Waals surface area (Å²) >= 11 is 0. The van der Waals surface area contributed by atoms with E-state index in [-0.39, 0.29) is 11.5 Å². The van der Waals surface area contributed by atoms with Gasteiger partial charge in [0.1, 0.15) is 0 Å². The van der Waals surface area contributed by atoms with Crippen LogP contribution in [0.4, 0.5) is 0 Å². The molecule has 5 nitrogen and oxygen atoms in total. The number of nitrogens with zero attached hydrogens (tertiary/aromatic N) is 2. The predicted molar refractivity (Wildman–Crippen MR) is 81.5 cm³/mol. The molecule has 21 heavy (non-hydrogen) atoms. The van der Waals surface area contributed by atoms with E-state index in [9.17, 15) is 9.59 Å². The van der Waals surface area contributed by atoms with E-state index in [4.69, 9.17) is 0 Å². The van der Waals surface area contributed by atoms with Gasteiger partial charge in [-0.2, -0.15) is 0 Å². The Morgan fingerprint density at radius 1 is 1.19 bits per heavy atom. The molecule has 0 radical (unpaired) electrons. The highest BCUT2D eigenvalue weighted by Gasteiger charge is 2.41. The van der Waals surface area contributed by atoms with Gasteiger partial charge >= 0.3 is 0 Å². The van der Waals surface area contributed by atoms with Gasteiger partial charge in [-0.3, -0.25) is 9.59 Å². The van der Waals surface area contributed by atoms with Crippen LogP contribution in [0.15, 0.2) is 16.9 Å². The van der Waals surface area contributed by atoms with Crippen LogP contribution in [0.5, 0.6) is 0 Å². The molecular weight excluding hydrogens is 266 g/mol. The summed E-state index contributed by atoms with van der Waals surface area (Å²) < 4.78 is 0. The summed E-state index contributed by atoms with van der Waals surface area (Å²) in [5, 5.41) is 0. The number of amides is 1. The van der Waals surface area contributed by atoms with Crippen LogP contribution < -0.4 is 5.56 Å². The number of hydrogen-bond donors (Lipinski definition) is 1. The Kier molecular flexibility index (Phi) is 3.61. The molecule has 114 valence electrons. The Balaban J connectivity index is 1.74. The summed E-state index contributed by atoms with van der Waals surface area (Å²) in [6.07, 6.45) is 3.43. The summed E-state index contributed by atoms with van der Waals surface area (Å²) in [5.74, 6) is 0.00000283. The Bertz CT molecular complexity index is 600. The number of pyridine rings is 1. The van der Waals surface area contributed by atoms with E-state index in [1.54, 1.807) is 13.0 Å². The lowest BCUT2D eigenvalue weighted by Crippen LogP contribution is -2.40. The minimum Gasteiger partial charge on any atom is -0.338 e. The Labute approximate surface area is 124 Å². The van der Waals surface area contributed by atoms with Crippen LogP contribution in [-0.2, 0) is 0 Å². The minimum atomic E-state index is -0.202. The molecule has 0 bridgehead atoms. The number of hydrogen-bond acceptors (Lipinski definition) is 3. The number of aryl methyl sites for hydroxylation is 1. The fourth-order valence-corrected chi connectivity index (χ4v) is 3.60. The highest BCUT2D eigenvalue weighted by atomic mass is 16.2. The van der Waals surface area contributed by atoms with Crippen molar-refractivity contribution < 1.29 is 4.79 Å². The van der Waals surface area contributed by atoms with Gasteiger partial charge in [-0.05, 0) is 57.8 Å². The molecule has 0 unspecified atom stereocenters. The average molecular weight is 289 g/mol. The number of nitrogens with one attached hydrogen (secondary N) is 1. The van der Waals surface area contributed by atoms with E-state index in [2.05, 4.69) is 16.9 Å². The quantitative estimate of drug-likeness (QED) is 0.846. The third kappa shape index (κ3) is 2.88. The normalized spacial score (nSPS) is 21.9. The van der Waals surface area contributed by atoms with Gasteiger partial charge < -0.3 is 14.8 Å². The number of rotatable bonds is 1. The van der Waals surface area contributed by atoms with E-state index in [0.717, 1.165) is 38.3 Å². The van der Waals surface area contributed by atoms with E-state index < -0.39 is 0 Å². The molecule has 1 aromatic heterocycles. The first-order valence-corrected chi connectivity index (χ1v) is 7.66. The van der Waals surface area contributed by atoms with Gasteiger partial charge in [0.2, 0.25) is 5.56 Å². The van der Waals surface area contributed by atoms with Crippen LogP contribution in [0.1, 0.15) is 35.3 Å². The van der Waals surface area contributed by atoms with E-state index >= 15 is 0 Å². The van der Waals surface area contributed by atoms with E-state index in [1.165, 1.54) is 18.9 Å². The van der Waals surface area contributed by atoms with Gasteiger partial charge in [0.15, 0.2) is 0 Å². The molecule has 2 aliphatic heterocycles. The molecular formula is C16H23N3O2. The fourth-order valence-electron chi connectivity index (χ4n) is 3.60. The number of aromatic nitrogens is 1. The number of likely N-dealkylation sites (tertiary alicyclic amines) is 2. The first-order chi connectivity index (χ1) is 9.97. The standard InChI is InChI=1S/C16H23N3O2/c1-12-9-13(10-14(20)17-12)15(21)19-8-5-16(11-19)3-6-18(2)7-4-16/h9-10H,3-8,11H2,1-2H3,(H,17,20). The summed E-state index contributed by atoms with van der Waals surface area (Å²) in [5.41, 5.74) is 1.35. The van der Waals surface area contributed by atoms with Gasteiger partial charge in [-0.15, -0.1) is 0 Å². The summed E-state index contributed by atoms with van der Waals surface area (Å²) in [6, 6.07) is 3.18. The summed E-state index contributed by atoms with van der Waals surface area (Å²) in [7, 11) is 2.16. The summed E-state index contributed by atoms with van der Waals surface area (Å²) in [6.45, 7) is 5.69. The second kappa shape index (κ2) is 5.30. The Morgan fingerprint density at radius 2 is 1.86 bits per heavy atom. The molecule has 0 atom stereocenters. The second-order valence-electron chi connectivity index (χ2n) is 6.70. The largest absolute Gasteiger partial charge is 0.338 e. The van der Waals surface area contributed by atoms with Crippen LogP contribution >= 0.6 is 0 Å². The van der Waals surface area contributed by atoms with Gasteiger partial charge in [-0.25, -0.2) is 0 Å². The van der Waals surface area contributed by atoms with Crippen molar-refractivity contribution in [1.29, 1.82) is 0 Å². The van der Waals surface area contributed by atoms with Crippen molar-refractivity contribution in [2.24, 2.45) is 5.41 Å². The SMILES string of the molecule is Cc1cc(C(=O)N2CCC3(CCN(C)CC3)C2)cc(=O)[nH]1. The van der Waals surface area contributed by atoms with E-state index in [0.29, 0.717) is 11.0 Å². The molecule has 5 heteroatoms. The average Bonchev–Trinajstić information content (AvgIpc) is 2.85. The third-order valence-electron chi connectivity index (χ3n) is 5.00. The summed E-state index contributed by atoms with van der Waals surface area (Å²) in [4.78, 5) is 31.1. The molecule has 3 heterocycles. The smallest absolute Gasteiger partial charge is 0.254 e. The van der Waals surface area contributed by atoms with Crippen LogP contribution in [0.25, 0.3) is 0 Å². The van der Waals surface area contributed by atoms with Crippen molar-refractivity contribution in [2.45, 2.75) is 26.2 Å². The third-order valence-corrected chi connectivity index (χ3v) is 5.00. The topological polar surface area (TPSA) is 56.4 Å². The Morgan fingerprint density at radius 3 is 2.52 bits per heavy atom. The maximum atomic E-state index is 12.6. The van der Waals surface area contributed by atoms with Gasteiger partial charge in [0, 0.05) is 30.4 Å². The van der Waals surface area contributed by atoms with Gasteiger partial charge in [0.25, 0.3) is 5.91 Å². The zero-order chi connectivity index (χ0) is 15.0. The van der Waals surface area contributed by atoms with Crippen molar-refractivity contribution in [2.75, 3.05) is 33.2 Å². The van der Waals surface area contributed by atoms with Crippen LogP contribution in [0.2, 0.25) is 0 Å². The minimum absolute atomic E-state index is 0.00000283. The highest BCUT2D eigenvalue weighted by molar-refractivity contribution is 5.94. The molecule has 3 rings (SSSR count). The van der Waals surface area contributed by atoms with Gasteiger partial charge in [0.05, 0.1) is 0 Å². The molecule has 1 aromatic rings. The lowest BCUT2D eigenvalue weighted by atomic mass is 9.78. The van der Waals surface area contributed by atoms with Crippen molar-refractivity contribution in [3.63, 3.8) is 0 Å². The molecule has 1 spiro atoms.